The molecule has 1 unspecified atom stereocenters. The van der Waals surface area contributed by atoms with Crippen LogP contribution in [0.3, 0.4) is 0 Å². The van der Waals surface area contributed by atoms with Crippen LogP contribution in [0.2, 0.25) is 0 Å². The molecule has 70 heavy (non-hydrogen) atoms. The highest BCUT2D eigenvalue weighted by Gasteiger charge is 2.19. The van der Waals surface area contributed by atoms with Crippen LogP contribution in [0.25, 0.3) is 0 Å². The number of carbonyl (C=O) groups is 3. The van der Waals surface area contributed by atoms with E-state index in [-0.39, 0.29) is 31.1 Å². The number of hydrogen-bond acceptors (Lipinski definition) is 6. The molecule has 0 saturated carbocycles. The van der Waals surface area contributed by atoms with Crippen molar-refractivity contribution in [1.82, 2.24) is 0 Å². The Hall–Kier alpha value is -1.59. The largest absolute Gasteiger partial charge is 0.462 e. The van der Waals surface area contributed by atoms with Gasteiger partial charge in [0.05, 0.1) is 0 Å². The highest BCUT2D eigenvalue weighted by atomic mass is 16.6. The minimum Gasteiger partial charge on any atom is -0.462 e. The first-order valence-corrected chi connectivity index (χ1v) is 32.0. The maximum Gasteiger partial charge on any atom is 0.306 e. The van der Waals surface area contributed by atoms with E-state index in [0.29, 0.717) is 19.3 Å². The van der Waals surface area contributed by atoms with Crippen molar-refractivity contribution in [3.8, 4) is 0 Å². The third-order valence-corrected chi connectivity index (χ3v) is 14.9. The van der Waals surface area contributed by atoms with Crippen LogP contribution in [0.4, 0.5) is 0 Å². The van der Waals surface area contributed by atoms with Crippen LogP contribution in [0.5, 0.6) is 0 Å². The summed E-state index contributed by atoms with van der Waals surface area (Å²) in [5, 5.41) is 0. The van der Waals surface area contributed by atoms with E-state index in [9.17, 15) is 14.4 Å². The molecular weight excluding hydrogens is 865 g/mol. The Morgan fingerprint density at radius 1 is 0.229 bits per heavy atom. The molecule has 6 nitrogen and oxygen atoms in total. The Morgan fingerprint density at radius 3 is 0.571 bits per heavy atom. The lowest BCUT2D eigenvalue weighted by molar-refractivity contribution is -0.167. The number of unbranched alkanes of at least 4 members (excludes halogenated alkanes) is 49. The topological polar surface area (TPSA) is 78.9 Å². The molecule has 0 aliphatic carbocycles. The standard InChI is InChI=1S/C64H124O6/c1-4-7-10-13-16-19-22-24-26-27-28-29-30-31-32-33-34-35-36-37-38-40-42-45-48-51-54-57-63(66)69-60-61(59-68-62(65)56-53-50-47-44-41-21-18-15-12-9-6-3)70-64(67)58-55-52-49-46-43-39-25-23-20-17-14-11-8-5-2/h61H,4-60H2,1-3H3. The second-order valence-corrected chi connectivity index (χ2v) is 22.1. The molecule has 0 aliphatic heterocycles. The van der Waals surface area contributed by atoms with E-state index in [0.717, 1.165) is 57.8 Å². The van der Waals surface area contributed by atoms with Gasteiger partial charge in [-0.3, -0.25) is 14.4 Å². The molecule has 0 aliphatic rings. The molecule has 416 valence electrons. The number of hydrogen-bond donors (Lipinski definition) is 0. The smallest absolute Gasteiger partial charge is 0.306 e. The van der Waals surface area contributed by atoms with E-state index >= 15 is 0 Å². The summed E-state index contributed by atoms with van der Waals surface area (Å²) in [7, 11) is 0. The van der Waals surface area contributed by atoms with Gasteiger partial charge in [0, 0.05) is 19.3 Å². The van der Waals surface area contributed by atoms with Crippen molar-refractivity contribution in [3.63, 3.8) is 0 Å². The van der Waals surface area contributed by atoms with Crippen LogP contribution in [0.1, 0.15) is 374 Å². The van der Waals surface area contributed by atoms with Gasteiger partial charge in [0.25, 0.3) is 0 Å². The van der Waals surface area contributed by atoms with Gasteiger partial charge < -0.3 is 14.2 Å². The van der Waals surface area contributed by atoms with Crippen molar-refractivity contribution < 1.29 is 28.6 Å². The fraction of sp³-hybridized carbons (Fsp3) is 0.953. The third kappa shape index (κ3) is 57.3. The lowest BCUT2D eigenvalue weighted by Crippen LogP contribution is -2.30. The predicted molar refractivity (Wildman–Crippen MR) is 303 cm³/mol. The van der Waals surface area contributed by atoms with E-state index in [4.69, 9.17) is 14.2 Å². The normalized spacial score (nSPS) is 11.9. The molecule has 0 saturated heterocycles. The minimum absolute atomic E-state index is 0.0610. The van der Waals surface area contributed by atoms with Crippen molar-refractivity contribution in [2.75, 3.05) is 13.2 Å². The summed E-state index contributed by atoms with van der Waals surface area (Å²) < 4.78 is 16.9. The highest BCUT2D eigenvalue weighted by Crippen LogP contribution is 2.19. The first kappa shape index (κ1) is 68.4. The minimum atomic E-state index is -0.761. The van der Waals surface area contributed by atoms with Gasteiger partial charge in [-0.15, -0.1) is 0 Å². The van der Waals surface area contributed by atoms with Gasteiger partial charge in [-0.25, -0.2) is 0 Å². The molecule has 0 amide bonds. The molecule has 0 spiro atoms. The SMILES string of the molecule is CCCCCCCCCCCCCCCCCCCCCCCCCCCCCC(=O)OCC(COC(=O)CCCCCCCCCCCCC)OC(=O)CCCCCCCCCCCCCCCC. The van der Waals surface area contributed by atoms with Crippen molar-refractivity contribution in [1.29, 1.82) is 0 Å². The van der Waals surface area contributed by atoms with Crippen LogP contribution in [0, 0.1) is 0 Å². The van der Waals surface area contributed by atoms with Gasteiger partial charge in [0.2, 0.25) is 0 Å². The first-order valence-electron chi connectivity index (χ1n) is 32.0. The third-order valence-electron chi connectivity index (χ3n) is 14.9. The monoisotopic (exact) mass is 989 g/mol. The molecule has 0 radical (unpaired) electrons. The molecule has 0 heterocycles. The number of esters is 3. The van der Waals surface area contributed by atoms with Crippen LogP contribution in [-0.4, -0.2) is 37.2 Å². The zero-order valence-electron chi connectivity index (χ0n) is 47.8. The molecule has 6 heteroatoms. The van der Waals surface area contributed by atoms with Gasteiger partial charge in [0.15, 0.2) is 6.10 Å². The second kappa shape index (κ2) is 60.0. The molecule has 0 aromatic rings. The fourth-order valence-corrected chi connectivity index (χ4v) is 10.0. The molecular formula is C64H124O6. The van der Waals surface area contributed by atoms with Crippen molar-refractivity contribution in [2.45, 2.75) is 380 Å². The van der Waals surface area contributed by atoms with Crippen LogP contribution in [-0.2, 0) is 28.6 Å². The summed E-state index contributed by atoms with van der Waals surface area (Å²) in [6, 6.07) is 0. The Kier molecular flexibility index (Phi) is 58.6. The van der Waals surface area contributed by atoms with Gasteiger partial charge in [-0.1, -0.05) is 335 Å². The summed E-state index contributed by atoms with van der Waals surface area (Å²) in [6.07, 6.45) is 68.4. The summed E-state index contributed by atoms with van der Waals surface area (Å²) in [4.78, 5) is 38.2. The molecule has 1 atom stereocenters. The van der Waals surface area contributed by atoms with Gasteiger partial charge >= 0.3 is 17.9 Å². The molecule has 0 aromatic heterocycles. The maximum absolute atomic E-state index is 12.8. The second-order valence-electron chi connectivity index (χ2n) is 22.1. The zero-order chi connectivity index (χ0) is 50.7. The number of carbonyl (C=O) groups excluding carboxylic acids is 3. The Balaban J connectivity index is 4.09. The first-order chi connectivity index (χ1) is 34.5. The van der Waals surface area contributed by atoms with Gasteiger partial charge in [-0.05, 0) is 19.3 Å². The van der Waals surface area contributed by atoms with E-state index in [1.807, 2.05) is 0 Å². The Bertz CT molecular complexity index is 1040. The van der Waals surface area contributed by atoms with Crippen LogP contribution >= 0.6 is 0 Å². The maximum atomic E-state index is 12.8. The average Bonchev–Trinajstić information content (AvgIpc) is 3.36. The number of ether oxygens (including phenoxy) is 3. The van der Waals surface area contributed by atoms with E-state index < -0.39 is 6.10 Å². The summed E-state index contributed by atoms with van der Waals surface area (Å²) in [5.74, 6) is -0.831. The predicted octanol–water partition coefficient (Wildman–Crippen LogP) is 21.5. The van der Waals surface area contributed by atoms with Crippen molar-refractivity contribution in [3.05, 3.63) is 0 Å². The van der Waals surface area contributed by atoms with Crippen LogP contribution in [0.15, 0.2) is 0 Å². The average molecular weight is 990 g/mol. The van der Waals surface area contributed by atoms with Crippen LogP contribution < -0.4 is 0 Å². The lowest BCUT2D eigenvalue weighted by atomic mass is 10.0. The summed E-state index contributed by atoms with van der Waals surface area (Å²) >= 11 is 0. The molecule has 0 aromatic carbocycles. The lowest BCUT2D eigenvalue weighted by Gasteiger charge is -2.18. The number of rotatable bonds is 60. The quantitative estimate of drug-likeness (QED) is 0.0343. The van der Waals surface area contributed by atoms with Gasteiger partial charge in [-0.2, -0.15) is 0 Å². The highest BCUT2D eigenvalue weighted by molar-refractivity contribution is 5.71. The van der Waals surface area contributed by atoms with E-state index in [2.05, 4.69) is 20.8 Å². The molecule has 0 N–H and O–H groups in total. The zero-order valence-corrected chi connectivity index (χ0v) is 47.8. The van der Waals surface area contributed by atoms with E-state index in [1.165, 1.54) is 276 Å². The summed E-state index contributed by atoms with van der Waals surface area (Å²) in [5.41, 5.74) is 0. The fourth-order valence-electron chi connectivity index (χ4n) is 10.0. The van der Waals surface area contributed by atoms with Crippen molar-refractivity contribution >= 4 is 17.9 Å². The Labute approximate surface area is 438 Å². The van der Waals surface area contributed by atoms with Crippen molar-refractivity contribution in [2.24, 2.45) is 0 Å². The Morgan fingerprint density at radius 2 is 0.386 bits per heavy atom. The molecule has 0 fully saturated rings. The molecule has 0 rings (SSSR count). The molecule has 0 bridgehead atoms. The van der Waals surface area contributed by atoms with Gasteiger partial charge in [0.1, 0.15) is 13.2 Å². The van der Waals surface area contributed by atoms with E-state index in [1.54, 1.807) is 0 Å². The summed E-state index contributed by atoms with van der Waals surface area (Å²) in [6.45, 7) is 6.71.